The quantitative estimate of drug-likeness (QED) is 0.630. The number of carbonyl (C=O) groups excluding carboxylic acids is 2. The van der Waals surface area contributed by atoms with E-state index in [2.05, 4.69) is 41.9 Å². The molecule has 2 fully saturated rings. The van der Waals surface area contributed by atoms with Crippen molar-refractivity contribution in [2.75, 3.05) is 44.2 Å². The lowest BCUT2D eigenvalue weighted by Crippen LogP contribution is -2.51. The van der Waals surface area contributed by atoms with Crippen molar-refractivity contribution >= 4 is 28.4 Å². The minimum atomic E-state index is -0.278. The Labute approximate surface area is 199 Å². The third kappa shape index (κ3) is 4.27. The highest BCUT2D eigenvalue weighted by atomic mass is 19.1. The zero-order chi connectivity index (χ0) is 23.8. The molecule has 3 heterocycles. The zero-order valence-corrected chi connectivity index (χ0v) is 19.8. The summed E-state index contributed by atoms with van der Waals surface area (Å²) in [6.07, 6.45) is 2.78. The molecule has 0 aliphatic carbocycles. The molecule has 6 nitrogen and oxygen atoms in total. The molecule has 2 saturated heterocycles. The van der Waals surface area contributed by atoms with Gasteiger partial charge in [-0.3, -0.25) is 9.59 Å². The van der Waals surface area contributed by atoms with E-state index in [4.69, 9.17) is 0 Å². The smallest absolute Gasteiger partial charge is 0.228 e. The highest BCUT2D eigenvalue weighted by Crippen LogP contribution is 2.26. The van der Waals surface area contributed by atoms with E-state index < -0.39 is 0 Å². The maximum absolute atomic E-state index is 13.6. The number of halogens is 1. The van der Waals surface area contributed by atoms with Gasteiger partial charge in [0, 0.05) is 68.5 Å². The summed E-state index contributed by atoms with van der Waals surface area (Å²) in [5, 5.41) is 0.848. The van der Waals surface area contributed by atoms with Crippen LogP contribution in [0.2, 0.25) is 0 Å². The maximum atomic E-state index is 13.6. The number of amides is 2. The van der Waals surface area contributed by atoms with E-state index in [1.165, 1.54) is 28.9 Å². The summed E-state index contributed by atoms with van der Waals surface area (Å²) in [6.45, 7) is 8.23. The molecule has 178 valence electrons. The third-order valence-electron chi connectivity index (χ3n) is 7.45. The Morgan fingerprint density at radius 2 is 1.91 bits per heavy atom. The number of nitrogens with one attached hydrogen (secondary N) is 1. The topological polar surface area (TPSA) is 59.7 Å². The van der Waals surface area contributed by atoms with E-state index in [-0.39, 0.29) is 30.0 Å². The molecule has 0 saturated carbocycles. The molecule has 2 aliphatic heterocycles. The second kappa shape index (κ2) is 9.12. The van der Waals surface area contributed by atoms with Crippen molar-refractivity contribution in [1.29, 1.82) is 0 Å². The molecular weight excluding hydrogens is 431 g/mol. The molecule has 34 heavy (non-hydrogen) atoms. The van der Waals surface area contributed by atoms with Gasteiger partial charge in [0.15, 0.2) is 0 Å². The summed E-state index contributed by atoms with van der Waals surface area (Å²) in [5.74, 6) is -0.432. The van der Waals surface area contributed by atoms with Gasteiger partial charge in [0.25, 0.3) is 0 Å². The van der Waals surface area contributed by atoms with Gasteiger partial charge in [-0.15, -0.1) is 0 Å². The van der Waals surface area contributed by atoms with Crippen LogP contribution in [0.1, 0.15) is 23.1 Å². The number of aryl methyl sites for hydroxylation is 1. The van der Waals surface area contributed by atoms with Gasteiger partial charge in [-0.1, -0.05) is 12.1 Å². The van der Waals surface area contributed by atoms with Crippen molar-refractivity contribution in [2.45, 2.75) is 26.7 Å². The first-order valence-electron chi connectivity index (χ1n) is 12.0. The minimum absolute atomic E-state index is 0.0263. The molecule has 1 N–H and O–H groups in total. The Morgan fingerprint density at radius 1 is 1.12 bits per heavy atom. The van der Waals surface area contributed by atoms with Crippen LogP contribution >= 0.6 is 0 Å². The molecule has 1 atom stereocenters. The SMILES string of the molecule is Cc1cccc(N2CCN(C(=O)[C@H]3CC(=O)N(CCc4c[nH]c5ccc(F)cc45)C3)CC2)c1C. The number of fused-ring (bicyclic) bond motifs is 1. The molecule has 2 aliphatic rings. The summed E-state index contributed by atoms with van der Waals surface area (Å²) in [4.78, 5) is 35.0. The highest BCUT2D eigenvalue weighted by molar-refractivity contribution is 5.89. The van der Waals surface area contributed by atoms with Crippen LogP contribution in [0.4, 0.5) is 10.1 Å². The van der Waals surface area contributed by atoms with Crippen molar-refractivity contribution in [2.24, 2.45) is 5.92 Å². The number of benzene rings is 2. The van der Waals surface area contributed by atoms with Crippen LogP contribution in [0.3, 0.4) is 0 Å². The lowest BCUT2D eigenvalue weighted by atomic mass is 10.1. The number of H-pyrrole nitrogens is 1. The van der Waals surface area contributed by atoms with E-state index in [1.807, 2.05) is 11.1 Å². The summed E-state index contributed by atoms with van der Waals surface area (Å²) in [5.41, 5.74) is 5.68. The molecule has 0 radical (unpaired) electrons. The largest absolute Gasteiger partial charge is 0.368 e. The van der Waals surface area contributed by atoms with E-state index in [9.17, 15) is 14.0 Å². The number of carbonyl (C=O) groups is 2. The van der Waals surface area contributed by atoms with E-state index in [1.54, 1.807) is 11.0 Å². The minimum Gasteiger partial charge on any atom is -0.368 e. The van der Waals surface area contributed by atoms with Gasteiger partial charge in [0.05, 0.1) is 5.92 Å². The van der Waals surface area contributed by atoms with Crippen LogP contribution in [0.15, 0.2) is 42.6 Å². The van der Waals surface area contributed by atoms with Crippen molar-refractivity contribution in [3.8, 4) is 0 Å². The molecule has 2 amide bonds. The fourth-order valence-corrected chi connectivity index (χ4v) is 5.27. The Balaban J connectivity index is 1.16. The van der Waals surface area contributed by atoms with Gasteiger partial charge in [-0.25, -0.2) is 4.39 Å². The Hall–Kier alpha value is -3.35. The number of nitrogens with zero attached hydrogens (tertiary/aromatic N) is 3. The summed E-state index contributed by atoms with van der Waals surface area (Å²) in [7, 11) is 0. The second-order valence-electron chi connectivity index (χ2n) is 9.53. The van der Waals surface area contributed by atoms with Crippen LogP contribution in [0.5, 0.6) is 0 Å². The predicted octanol–water partition coefficient (Wildman–Crippen LogP) is 3.66. The lowest BCUT2D eigenvalue weighted by Gasteiger charge is -2.38. The van der Waals surface area contributed by atoms with Crippen LogP contribution in [0, 0.1) is 25.6 Å². The standard InChI is InChI=1S/C27H31FN4O2/c1-18-4-3-5-25(19(18)2)30-10-12-31(13-11-30)27(34)21-14-26(33)32(17-21)9-8-20-16-29-24-7-6-22(28)15-23(20)24/h3-7,15-16,21,29H,8-14,17H2,1-2H3/t21-/m0/s1. The molecule has 3 aromatic rings. The molecule has 0 spiro atoms. The Morgan fingerprint density at radius 3 is 2.71 bits per heavy atom. The summed E-state index contributed by atoms with van der Waals surface area (Å²) >= 11 is 0. The maximum Gasteiger partial charge on any atom is 0.228 e. The fraction of sp³-hybridized carbons (Fsp3) is 0.407. The van der Waals surface area contributed by atoms with Crippen LogP contribution in [0.25, 0.3) is 10.9 Å². The monoisotopic (exact) mass is 462 g/mol. The number of hydrogen-bond acceptors (Lipinski definition) is 3. The molecular formula is C27H31FN4O2. The number of anilines is 1. The average Bonchev–Trinajstić information content (AvgIpc) is 3.41. The highest BCUT2D eigenvalue weighted by Gasteiger charge is 2.37. The van der Waals surface area contributed by atoms with Crippen LogP contribution in [-0.4, -0.2) is 65.9 Å². The van der Waals surface area contributed by atoms with Gasteiger partial charge < -0.3 is 19.7 Å². The van der Waals surface area contributed by atoms with Gasteiger partial charge in [0.2, 0.25) is 11.8 Å². The number of aromatic amines is 1. The number of aromatic nitrogens is 1. The average molecular weight is 463 g/mol. The van der Waals surface area contributed by atoms with Crippen molar-refractivity contribution in [3.63, 3.8) is 0 Å². The fourth-order valence-electron chi connectivity index (χ4n) is 5.27. The first-order valence-corrected chi connectivity index (χ1v) is 12.0. The zero-order valence-electron chi connectivity index (χ0n) is 19.8. The van der Waals surface area contributed by atoms with Gasteiger partial charge in [-0.2, -0.15) is 0 Å². The Kier molecular flexibility index (Phi) is 6.02. The first-order chi connectivity index (χ1) is 16.4. The molecule has 7 heteroatoms. The second-order valence-corrected chi connectivity index (χ2v) is 9.53. The number of rotatable bonds is 5. The number of likely N-dealkylation sites (tertiary alicyclic amines) is 1. The van der Waals surface area contributed by atoms with Crippen molar-refractivity contribution < 1.29 is 14.0 Å². The number of hydrogen-bond donors (Lipinski definition) is 1. The normalized spacial score (nSPS) is 18.9. The van der Waals surface area contributed by atoms with E-state index in [0.717, 1.165) is 29.6 Å². The molecule has 0 bridgehead atoms. The van der Waals surface area contributed by atoms with Gasteiger partial charge >= 0.3 is 0 Å². The molecule has 0 unspecified atom stereocenters. The van der Waals surface area contributed by atoms with Crippen molar-refractivity contribution in [3.05, 3.63) is 65.1 Å². The summed E-state index contributed by atoms with van der Waals surface area (Å²) in [6, 6.07) is 11.0. The molecule has 1 aromatic heterocycles. The lowest BCUT2D eigenvalue weighted by molar-refractivity contribution is -0.136. The third-order valence-corrected chi connectivity index (χ3v) is 7.45. The van der Waals surface area contributed by atoms with Crippen LogP contribution < -0.4 is 4.90 Å². The van der Waals surface area contributed by atoms with Crippen LogP contribution in [-0.2, 0) is 16.0 Å². The van der Waals surface area contributed by atoms with Crippen molar-refractivity contribution in [1.82, 2.24) is 14.8 Å². The van der Waals surface area contributed by atoms with Gasteiger partial charge in [0.1, 0.15) is 5.82 Å². The molecule has 5 rings (SSSR count). The first kappa shape index (κ1) is 22.4. The van der Waals surface area contributed by atoms with E-state index >= 15 is 0 Å². The number of piperazine rings is 1. The van der Waals surface area contributed by atoms with Gasteiger partial charge in [-0.05, 0) is 61.2 Å². The summed E-state index contributed by atoms with van der Waals surface area (Å²) < 4.78 is 13.6. The molecule has 2 aromatic carbocycles. The Bertz CT molecular complexity index is 1230. The predicted molar refractivity (Wildman–Crippen MR) is 131 cm³/mol. The van der Waals surface area contributed by atoms with E-state index in [0.29, 0.717) is 32.6 Å².